The van der Waals surface area contributed by atoms with E-state index >= 15 is 0 Å². The molecular weight excluding hydrogens is 411 g/mol. The van der Waals surface area contributed by atoms with Gasteiger partial charge in [0.15, 0.2) is 5.78 Å². The highest BCUT2D eigenvalue weighted by Gasteiger charge is 2.29. The summed E-state index contributed by atoms with van der Waals surface area (Å²) in [5, 5.41) is 10.2. The topological polar surface area (TPSA) is 87.2 Å². The quantitative estimate of drug-likeness (QED) is 0.635. The summed E-state index contributed by atoms with van der Waals surface area (Å²) in [7, 11) is -3.74. The van der Waals surface area contributed by atoms with Gasteiger partial charge in [0.05, 0.1) is 4.90 Å². The van der Waals surface area contributed by atoms with Crippen molar-refractivity contribution in [2.75, 3.05) is 39.3 Å². The third-order valence-corrected chi connectivity index (χ3v) is 6.83. The Hall–Kier alpha value is -2.33. The lowest BCUT2D eigenvalue weighted by molar-refractivity contribution is 0.0569. The first-order valence-electron chi connectivity index (χ1n) is 9.65. The largest absolute Gasteiger partial charge is 0.491 e. The van der Waals surface area contributed by atoms with Crippen molar-refractivity contribution in [1.29, 1.82) is 0 Å². The van der Waals surface area contributed by atoms with Crippen LogP contribution in [-0.2, 0) is 10.0 Å². The highest BCUT2D eigenvalue weighted by Crippen LogP contribution is 2.19. The summed E-state index contributed by atoms with van der Waals surface area (Å²) in [5.74, 6) is -0.0565. The maximum atomic E-state index is 13.4. The zero-order valence-corrected chi connectivity index (χ0v) is 17.5. The average Bonchev–Trinajstić information content (AvgIpc) is 2.73. The molecule has 1 heterocycles. The van der Waals surface area contributed by atoms with Crippen LogP contribution in [0.1, 0.15) is 17.3 Å². The van der Waals surface area contributed by atoms with Crippen molar-refractivity contribution in [3.63, 3.8) is 0 Å². The van der Waals surface area contributed by atoms with Crippen LogP contribution < -0.4 is 4.74 Å². The molecule has 0 radical (unpaired) electrons. The first-order chi connectivity index (χ1) is 14.3. The molecular formula is C21H25FN2O5S. The minimum atomic E-state index is -3.74. The summed E-state index contributed by atoms with van der Waals surface area (Å²) in [6.07, 6.45) is -0.746. The Morgan fingerprint density at radius 2 is 1.80 bits per heavy atom. The van der Waals surface area contributed by atoms with Gasteiger partial charge < -0.3 is 9.84 Å². The van der Waals surface area contributed by atoms with E-state index < -0.39 is 21.9 Å². The Balaban J connectivity index is 1.46. The first kappa shape index (κ1) is 22.4. The number of halogens is 1. The van der Waals surface area contributed by atoms with Crippen LogP contribution in [0.3, 0.4) is 0 Å². The number of ether oxygens (including phenoxy) is 1. The van der Waals surface area contributed by atoms with Gasteiger partial charge in [0.2, 0.25) is 10.0 Å². The van der Waals surface area contributed by atoms with Gasteiger partial charge in [-0.3, -0.25) is 9.69 Å². The monoisotopic (exact) mass is 436 g/mol. The van der Waals surface area contributed by atoms with E-state index in [0.717, 1.165) is 6.07 Å². The number of benzene rings is 2. The van der Waals surface area contributed by atoms with Crippen LogP contribution in [0.4, 0.5) is 4.39 Å². The molecule has 1 N–H and O–H groups in total. The minimum absolute atomic E-state index is 0.0276. The van der Waals surface area contributed by atoms with E-state index in [-0.39, 0.29) is 30.4 Å². The second-order valence-electron chi connectivity index (χ2n) is 7.21. The first-order valence-corrected chi connectivity index (χ1v) is 11.1. The van der Waals surface area contributed by atoms with E-state index in [9.17, 15) is 22.7 Å². The summed E-state index contributed by atoms with van der Waals surface area (Å²) >= 11 is 0. The predicted octanol–water partition coefficient (Wildman–Crippen LogP) is 1.77. The highest BCUT2D eigenvalue weighted by atomic mass is 32.2. The number of hydrogen-bond donors (Lipinski definition) is 1. The number of sulfonamides is 1. The lowest BCUT2D eigenvalue weighted by Gasteiger charge is -2.34. The van der Waals surface area contributed by atoms with Gasteiger partial charge in [0.25, 0.3) is 0 Å². The van der Waals surface area contributed by atoms with Crippen LogP contribution in [-0.4, -0.2) is 73.9 Å². The zero-order valence-electron chi connectivity index (χ0n) is 16.7. The Bertz CT molecular complexity index is 973. The number of ketones is 1. The smallest absolute Gasteiger partial charge is 0.243 e. The lowest BCUT2D eigenvalue weighted by atomic mass is 10.1. The van der Waals surface area contributed by atoms with Crippen LogP contribution in [0.15, 0.2) is 53.4 Å². The molecule has 0 aliphatic carbocycles. The van der Waals surface area contributed by atoms with Crippen molar-refractivity contribution < 1.29 is 27.4 Å². The Labute approximate surface area is 175 Å². The number of hydrogen-bond acceptors (Lipinski definition) is 6. The van der Waals surface area contributed by atoms with Crippen molar-refractivity contribution >= 4 is 15.8 Å². The Morgan fingerprint density at radius 1 is 1.13 bits per heavy atom. The van der Waals surface area contributed by atoms with Gasteiger partial charge in [-0.15, -0.1) is 0 Å². The maximum Gasteiger partial charge on any atom is 0.243 e. The molecule has 1 aliphatic rings. The SMILES string of the molecule is CC(=O)c1ccc(OC[C@H](O)CN2CCN(S(=O)(=O)c3cccc(F)c3)CC2)cc1. The number of aliphatic hydroxyl groups excluding tert-OH is 1. The van der Waals surface area contributed by atoms with Crippen molar-refractivity contribution in [2.45, 2.75) is 17.9 Å². The summed E-state index contributed by atoms with van der Waals surface area (Å²) in [6.45, 7) is 3.36. The Kier molecular flexibility index (Phi) is 7.19. The number of piperazine rings is 1. The number of β-amino-alcohol motifs (C(OH)–C–C–N with tert-alkyl or cyclic N) is 1. The number of rotatable bonds is 8. The van der Waals surface area contributed by atoms with E-state index in [0.29, 0.717) is 30.9 Å². The van der Waals surface area contributed by atoms with Gasteiger partial charge in [-0.05, 0) is 49.4 Å². The molecule has 162 valence electrons. The second-order valence-corrected chi connectivity index (χ2v) is 9.15. The molecule has 1 atom stereocenters. The van der Waals surface area contributed by atoms with Gasteiger partial charge >= 0.3 is 0 Å². The van der Waals surface area contributed by atoms with Crippen LogP contribution in [0, 0.1) is 5.82 Å². The molecule has 0 spiro atoms. The molecule has 9 heteroatoms. The molecule has 30 heavy (non-hydrogen) atoms. The Morgan fingerprint density at radius 3 is 2.40 bits per heavy atom. The van der Waals surface area contributed by atoms with E-state index in [2.05, 4.69) is 0 Å². The van der Waals surface area contributed by atoms with Crippen molar-refractivity contribution in [1.82, 2.24) is 9.21 Å². The normalized spacial score (nSPS) is 16.9. The number of carbonyl (C=O) groups excluding carboxylic acids is 1. The molecule has 0 saturated carbocycles. The van der Waals surface area contributed by atoms with Gasteiger partial charge in [0.1, 0.15) is 24.3 Å². The molecule has 7 nitrogen and oxygen atoms in total. The molecule has 0 amide bonds. The van der Waals surface area contributed by atoms with Gasteiger partial charge in [-0.25, -0.2) is 12.8 Å². The highest BCUT2D eigenvalue weighted by molar-refractivity contribution is 7.89. The fourth-order valence-corrected chi connectivity index (χ4v) is 4.71. The summed E-state index contributed by atoms with van der Waals surface area (Å²) < 4.78 is 45.6. The number of Topliss-reactive ketones (excluding diaryl/α,β-unsaturated/α-hetero) is 1. The molecule has 1 saturated heterocycles. The van der Waals surface area contributed by atoms with E-state index in [4.69, 9.17) is 4.74 Å². The van der Waals surface area contributed by atoms with Crippen molar-refractivity contribution in [3.05, 3.63) is 59.9 Å². The second kappa shape index (κ2) is 9.65. The molecule has 0 unspecified atom stereocenters. The van der Waals surface area contributed by atoms with Crippen molar-refractivity contribution in [2.24, 2.45) is 0 Å². The fraction of sp³-hybridized carbons (Fsp3) is 0.381. The summed E-state index contributed by atoms with van der Waals surface area (Å²) in [5.41, 5.74) is 0.592. The van der Waals surface area contributed by atoms with E-state index in [1.54, 1.807) is 24.3 Å². The third-order valence-electron chi connectivity index (χ3n) is 4.94. The standard InChI is InChI=1S/C21H25FN2O5S/c1-16(25)17-5-7-20(8-6-17)29-15-19(26)14-23-9-11-24(12-10-23)30(27,28)21-4-2-3-18(22)13-21/h2-8,13,19,26H,9-12,14-15H2,1H3/t19-/m1/s1. The fourth-order valence-electron chi connectivity index (χ4n) is 3.26. The van der Waals surface area contributed by atoms with Crippen LogP contribution >= 0.6 is 0 Å². The predicted molar refractivity (Wildman–Crippen MR) is 110 cm³/mol. The van der Waals surface area contributed by atoms with Gasteiger partial charge in [0, 0.05) is 38.3 Å². The summed E-state index contributed by atoms with van der Waals surface area (Å²) in [6, 6.07) is 11.7. The van der Waals surface area contributed by atoms with Crippen LogP contribution in [0.25, 0.3) is 0 Å². The molecule has 0 bridgehead atoms. The molecule has 2 aromatic carbocycles. The lowest BCUT2D eigenvalue weighted by Crippen LogP contribution is -2.50. The van der Waals surface area contributed by atoms with Crippen molar-refractivity contribution in [3.8, 4) is 5.75 Å². The molecule has 1 fully saturated rings. The average molecular weight is 437 g/mol. The molecule has 3 rings (SSSR count). The molecule has 1 aliphatic heterocycles. The van der Waals surface area contributed by atoms with Crippen LogP contribution in [0.5, 0.6) is 5.75 Å². The molecule has 2 aromatic rings. The van der Waals surface area contributed by atoms with Crippen LogP contribution in [0.2, 0.25) is 0 Å². The number of aliphatic hydroxyl groups is 1. The van der Waals surface area contributed by atoms with Gasteiger partial charge in [-0.2, -0.15) is 4.31 Å². The van der Waals surface area contributed by atoms with Gasteiger partial charge in [-0.1, -0.05) is 6.07 Å². The van der Waals surface area contributed by atoms with E-state index in [1.807, 2.05) is 4.90 Å². The number of carbonyl (C=O) groups is 1. The summed E-state index contributed by atoms with van der Waals surface area (Å²) in [4.78, 5) is 13.2. The van der Waals surface area contributed by atoms with E-state index in [1.165, 1.54) is 29.4 Å². The third kappa shape index (κ3) is 5.63. The minimum Gasteiger partial charge on any atom is -0.491 e. The molecule has 0 aromatic heterocycles. The number of nitrogens with zero attached hydrogens (tertiary/aromatic N) is 2. The maximum absolute atomic E-state index is 13.4. The zero-order chi connectivity index (χ0) is 21.7.